The van der Waals surface area contributed by atoms with E-state index in [4.69, 9.17) is 9.47 Å². The maximum atomic E-state index is 10.7. The molecule has 21 heavy (non-hydrogen) atoms. The van der Waals surface area contributed by atoms with E-state index in [1.807, 2.05) is 0 Å². The van der Waals surface area contributed by atoms with Crippen LogP contribution < -0.4 is 9.47 Å². The average molecular weight is 290 g/mol. The van der Waals surface area contributed by atoms with Crippen molar-refractivity contribution >= 4 is 17.7 Å². The molecule has 8 nitrogen and oxygen atoms in total. The van der Waals surface area contributed by atoms with Gasteiger partial charge in [-0.2, -0.15) is 0 Å². The highest BCUT2D eigenvalue weighted by Crippen LogP contribution is 2.30. The fraction of sp³-hybridized carbons (Fsp3) is 0.231. The van der Waals surface area contributed by atoms with E-state index in [9.17, 15) is 10.1 Å². The van der Waals surface area contributed by atoms with Gasteiger partial charge in [0.2, 0.25) is 5.82 Å². The van der Waals surface area contributed by atoms with E-state index in [1.165, 1.54) is 24.1 Å². The van der Waals surface area contributed by atoms with Crippen LogP contribution in [0.4, 0.5) is 11.5 Å². The van der Waals surface area contributed by atoms with E-state index in [0.29, 0.717) is 23.0 Å². The summed E-state index contributed by atoms with van der Waals surface area (Å²) < 4.78 is 11.7. The summed E-state index contributed by atoms with van der Waals surface area (Å²) in [5.74, 6) is 1.45. The van der Waals surface area contributed by atoms with Crippen LogP contribution >= 0.6 is 0 Å². The van der Waals surface area contributed by atoms with Crippen molar-refractivity contribution in [2.24, 2.45) is 12.0 Å². The summed E-state index contributed by atoms with van der Waals surface area (Å²) in [6.07, 6.45) is 2.64. The molecule has 0 saturated heterocycles. The van der Waals surface area contributed by atoms with Crippen molar-refractivity contribution in [1.29, 1.82) is 0 Å². The van der Waals surface area contributed by atoms with Gasteiger partial charge in [-0.25, -0.2) is 9.55 Å². The molecule has 8 heteroatoms. The minimum atomic E-state index is -0.499. The maximum Gasteiger partial charge on any atom is 0.342 e. The van der Waals surface area contributed by atoms with Crippen molar-refractivity contribution < 1.29 is 14.4 Å². The maximum absolute atomic E-state index is 10.7. The van der Waals surface area contributed by atoms with Crippen molar-refractivity contribution in [2.75, 3.05) is 14.2 Å². The first-order valence-electron chi connectivity index (χ1n) is 5.99. The Balaban J connectivity index is 2.27. The molecule has 0 saturated carbocycles. The first kappa shape index (κ1) is 14.5. The summed E-state index contributed by atoms with van der Waals surface area (Å²) in [5.41, 5.74) is 0.623. The number of ether oxygens (including phenoxy) is 2. The summed E-state index contributed by atoms with van der Waals surface area (Å²) in [6, 6.07) is 5.17. The van der Waals surface area contributed by atoms with E-state index in [1.54, 1.807) is 32.4 Å². The summed E-state index contributed by atoms with van der Waals surface area (Å²) in [7, 11) is 4.64. The van der Waals surface area contributed by atoms with Crippen LogP contribution in [0.15, 0.2) is 29.4 Å². The van der Waals surface area contributed by atoms with Gasteiger partial charge in [-0.05, 0) is 17.1 Å². The second kappa shape index (κ2) is 6.04. The van der Waals surface area contributed by atoms with Gasteiger partial charge in [-0.15, -0.1) is 0 Å². The van der Waals surface area contributed by atoms with Gasteiger partial charge in [0.25, 0.3) is 0 Å². The molecule has 2 aromatic rings. The number of benzene rings is 1. The summed E-state index contributed by atoms with van der Waals surface area (Å²) in [6.45, 7) is 0. The molecule has 0 atom stereocenters. The van der Waals surface area contributed by atoms with E-state index < -0.39 is 4.92 Å². The second-order valence-corrected chi connectivity index (χ2v) is 4.09. The molecule has 0 bridgehead atoms. The van der Waals surface area contributed by atoms with Gasteiger partial charge in [-0.1, -0.05) is 0 Å². The van der Waals surface area contributed by atoms with Crippen LogP contribution in [0.5, 0.6) is 11.5 Å². The van der Waals surface area contributed by atoms with Crippen molar-refractivity contribution in [3.63, 3.8) is 0 Å². The Hall–Kier alpha value is -2.90. The van der Waals surface area contributed by atoms with Gasteiger partial charge in [-0.3, -0.25) is 4.99 Å². The molecule has 110 valence electrons. The molecule has 0 aliphatic carbocycles. The Bertz CT molecular complexity index is 693. The monoisotopic (exact) mass is 290 g/mol. The van der Waals surface area contributed by atoms with Gasteiger partial charge in [0, 0.05) is 6.07 Å². The lowest BCUT2D eigenvalue weighted by Crippen LogP contribution is -2.01. The molecule has 0 aliphatic rings. The third-order valence-electron chi connectivity index (χ3n) is 2.88. The lowest BCUT2D eigenvalue weighted by Gasteiger charge is -2.07. The van der Waals surface area contributed by atoms with Gasteiger partial charge in [0.1, 0.15) is 6.20 Å². The molecule has 1 aromatic carbocycles. The fourth-order valence-corrected chi connectivity index (χ4v) is 1.74. The van der Waals surface area contributed by atoms with Crippen LogP contribution in [-0.4, -0.2) is 34.9 Å². The smallest absolute Gasteiger partial charge is 0.342 e. The molecule has 0 unspecified atom stereocenters. The Kier molecular flexibility index (Phi) is 4.17. The number of hydrogen-bond acceptors (Lipinski definition) is 6. The second-order valence-electron chi connectivity index (χ2n) is 4.09. The minimum absolute atomic E-state index is 0.0937. The summed E-state index contributed by atoms with van der Waals surface area (Å²) in [4.78, 5) is 18.4. The number of methoxy groups -OCH3 is 2. The van der Waals surface area contributed by atoms with Gasteiger partial charge < -0.3 is 19.6 Å². The van der Waals surface area contributed by atoms with E-state index in [0.717, 1.165) is 0 Å². The van der Waals surface area contributed by atoms with E-state index >= 15 is 0 Å². The molecular weight excluding hydrogens is 276 g/mol. The molecule has 0 radical (unpaired) electrons. The number of hydrogen-bond donors (Lipinski definition) is 0. The Morgan fingerprint density at radius 3 is 2.62 bits per heavy atom. The molecule has 0 amide bonds. The molecule has 2 rings (SSSR count). The fourth-order valence-electron chi connectivity index (χ4n) is 1.74. The first-order chi connectivity index (χ1) is 10.1. The number of aromatic nitrogens is 2. The first-order valence-corrected chi connectivity index (χ1v) is 5.99. The molecule has 0 fully saturated rings. The third kappa shape index (κ3) is 2.99. The summed E-state index contributed by atoms with van der Waals surface area (Å²) in [5, 5.41) is 10.7. The Labute approximate surface area is 120 Å². The highest BCUT2D eigenvalue weighted by atomic mass is 16.6. The number of nitro groups is 1. The van der Waals surface area contributed by atoms with E-state index in [2.05, 4.69) is 9.98 Å². The highest BCUT2D eigenvalue weighted by Gasteiger charge is 2.14. The predicted octanol–water partition coefficient (Wildman–Crippen LogP) is 2.10. The average Bonchev–Trinajstić information content (AvgIpc) is 2.86. The predicted molar refractivity (Wildman–Crippen MR) is 76.7 cm³/mol. The molecule has 0 spiro atoms. The van der Waals surface area contributed by atoms with Crippen molar-refractivity contribution in [3.8, 4) is 11.5 Å². The highest BCUT2D eigenvalue weighted by molar-refractivity contribution is 5.78. The van der Waals surface area contributed by atoms with Crippen LogP contribution in [0, 0.1) is 10.1 Å². The lowest BCUT2D eigenvalue weighted by molar-refractivity contribution is -0.391. The van der Waals surface area contributed by atoms with Crippen molar-refractivity contribution in [3.05, 3.63) is 40.3 Å². The zero-order valence-electron chi connectivity index (χ0n) is 11.8. The Morgan fingerprint density at radius 2 is 2.05 bits per heavy atom. The largest absolute Gasteiger partial charge is 0.493 e. The molecule has 1 heterocycles. The van der Waals surface area contributed by atoms with Gasteiger partial charge >= 0.3 is 5.82 Å². The van der Waals surface area contributed by atoms with Crippen LogP contribution in [-0.2, 0) is 7.05 Å². The van der Waals surface area contributed by atoms with Crippen LogP contribution in [0.2, 0.25) is 0 Å². The zero-order valence-corrected chi connectivity index (χ0v) is 11.8. The van der Waals surface area contributed by atoms with Gasteiger partial charge in [0.15, 0.2) is 11.5 Å². The standard InChI is InChI=1S/C13H14N4O4/c1-16-12(15-8-13(16)17(18)19)7-14-9-4-5-10(20-2)11(6-9)21-3/h4-8H,1-3H3. The lowest BCUT2D eigenvalue weighted by atomic mass is 10.3. The topological polar surface area (TPSA) is 91.8 Å². The van der Waals surface area contributed by atoms with Crippen molar-refractivity contribution in [2.45, 2.75) is 0 Å². The van der Waals surface area contributed by atoms with Gasteiger partial charge in [0.05, 0.1) is 33.2 Å². The molecular formula is C13H14N4O4. The zero-order chi connectivity index (χ0) is 15.4. The molecule has 0 N–H and O–H groups in total. The SMILES string of the molecule is COc1ccc(N=Cc2ncc([N+](=O)[O-])n2C)cc1OC. The minimum Gasteiger partial charge on any atom is -0.493 e. The van der Waals surface area contributed by atoms with Crippen LogP contribution in [0.1, 0.15) is 5.82 Å². The normalized spacial score (nSPS) is 10.8. The molecule has 0 aliphatic heterocycles. The molecule has 1 aromatic heterocycles. The number of nitrogens with zero attached hydrogens (tertiary/aromatic N) is 4. The number of imidazole rings is 1. The summed E-state index contributed by atoms with van der Waals surface area (Å²) >= 11 is 0. The van der Waals surface area contributed by atoms with E-state index in [-0.39, 0.29) is 5.82 Å². The Morgan fingerprint density at radius 1 is 1.33 bits per heavy atom. The third-order valence-corrected chi connectivity index (χ3v) is 2.88. The quantitative estimate of drug-likeness (QED) is 0.477. The van der Waals surface area contributed by atoms with Crippen molar-refractivity contribution in [1.82, 2.24) is 9.55 Å². The number of aliphatic imine (C=N–C) groups is 1. The van der Waals surface area contributed by atoms with Crippen LogP contribution in [0.25, 0.3) is 0 Å². The van der Waals surface area contributed by atoms with Crippen LogP contribution in [0.3, 0.4) is 0 Å². The number of rotatable bonds is 5.